The number of carbonyl (C=O) groups is 5. The number of aliphatic hydroxyl groups excluding tert-OH is 1. The van der Waals surface area contributed by atoms with E-state index in [4.69, 9.17) is 66.3 Å². The van der Waals surface area contributed by atoms with Crippen molar-refractivity contribution in [2.75, 3.05) is 19.8 Å². The molecule has 8 rings (SSSR count). The molecule has 0 radical (unpaired) electrons. The molecule has 3 aliphatic heterocycles. The molecule has 21 heteroatoms. The molecule has 5 aromatic carbocycles. The van der Waals surface area contributed by atoms with Crippen molar-refractivity contribution < 1.29 is 95.4 Å². The highest BCUT2D eigenvalue weighted by atomic mass is 16.8. The van der Waals surface area contributed by atoms with Crippen LogP contribution < -0.4 is 5.32 Å². The quantitative estimate of drug-likeness (QED) is 0.0454. The maximum atomic E-state index is 13.7. The van der Waals surface area contributed by atoms with E-state index < -0.39 is 128 Å². The summed E-state index contributed by atoms with van der Waals surface area (Å²) in [4.78, 5) is 64.9. The molecule has 0 spiro atoms. The summed E-state index contributed by atoms with van der Waals surface area (Å²) >= 11 is 0. The lowest BCUT2D eigenvalue weighted by Crippen LogP contribution is -2.70. The van der Waals surface area contributed by atoms with Crippen molar-refractivity contribution in [2.45, 2.75) is 160 Å². The smallest absolute Gasteiger partial charge is 0.303 e. The Labute approximate surface area is 487 Å². The lowest BCUT2D eigenvalue weighted by molar-refractivity contribution is -0.382. The lowest BCUT2D eigenvalue weighted by Gasteiger charge is -2.51. The normalized spacial score (nSPS) is 27.6. The summed E-state index contributed by atoms with van der Waals surface area (Å²) in [6.07, 6.45) is -19.5. The zero-order chi connectivity index (χ0) is 59.4. The molecule has 5 aromatic rings. The van der Waals surface area contributed by atoms with Crippen molar-refractivity contribution >= 4 is 29.8 Å². The molecule has 3 fully saturated rings. The van der Waals surface area contributed by atoms with Crippen LogP contribution in [0.1, 0.15) is 62.4 Å². The van der Waals surface area contributed by atoms with Crippen LogP contribution in [0.3, 0.4) is 0 Å². The van der Waals surface area contributed by atoms with Gasteiger partial charge in [0.15, 0.2) is 37.2 Å². The number of aliphatic hydroxyl groups is 1. The van der Waals surface area contributed by atoms with Crippen LogP contribution in [0.25, 0.3) is 0 Å². The SMILES string of the molecule is CC(=O)N[C@H]1[C@H](O[C@@H]2[C@H](OC(C)=O)[C@@H](OCc3ccccc3)[C@H](O[C@H]3[C@H](OCc4ccccc4)[C@@H](OCc4ccccc4)[C@H](O)O[C@@H]3COCc3ccccc3)O[C@@H]2COCc2ccccc2)O[C@H](COC(C)=O)[C@@H](OC(C)=O)[C@@H]1OC(C)=O. The van der Waals surface area contributed by atoms with Crippen LogP contribution in [0.15, 0.2) is 152 Å². The maximum absolute atomic E-state index is 13.7. The first-order valence-corrected chi connectivity index (χ1v) is 27.8. The fourth-order valence-electron chi connectivity index (χ4n) is 10.1. The summed E-state index contributed by atoms with van der Waals surface area (Å²) in [5.74, 6) is -3.78. The number of esters is 4. The third kappa shape index (κ3) is 18.5. The maximum Gasteiger partial charge on any atom is 0.303 e. The third-order valence-electron chi connectivity index (χ3n) is 13.8. The minimum Gasteiger partial charge on any atom is -0.463 e. The van der Waals surface area contributed by atoms with E-state index in [-0.39, 0.29) is 46.2 Å². The molecule has 3 aliphatic rings. The number of nitrogens with one attached hydrogen (secondary N) is 1. The number of hydrogen-bond donors (Lipinski definition) is 2. The Morgan fingerprint density at radius 1 is 0.393 bits per heavy atom. The Balaban J connectivity index is 1.24. The molecule has 3 saturated heterocycles. The molecule has 2 N–H and O–H groups in total. The monoisotopic (exact) mass is 1160 g/mol. The molecule has 0 aliphatic carbocycles. The summed E-state index contributed by atoms with van der Waals surface area (Å²) in [6.45, 7) is 5.03. The van der Waals surface area contributed by atoms with Gasteiger partial charge in [0.2, 0.25) is 5.91 Å². The van der Waals surface area contributed by atoms with E-state index in [0.29, 0.717) is 5.56 Å². The zero-order valence-electron chi connectivity index (χ0n) is 47.5. The molecule has 450 valence electrons. The van der Waals surface area contributed by atoms with Gasteiger partial charge in [-0.2, -0.15) is 0 Å². The van der Waals surface area contributed by atoms with Crippen LogP contribution in [0.5, 0.6) is 0 Å². The van der Waals surface area contributed by atoms with Crippen LogP contribution in [-0.2, 0) is 123 Å². The van der Waals surface area contributed by atoms with Crippen molar-refractivity contribution in [3.8, 4) is 0 Å². The third-order valence-corrected chi connectivity index (χ3v) is 13.8. The van der Waals surface area contributed by atoms with Crippen LogP contribution in [0, 0.1) is 0 Å². The highest BCUT2D eigenvalue weighted by Gasteiger charge is 2.58. The van der Waals surface area contributed by atoms with E-state index in [1.165, 1.54) is 13.8 Å². The van der Waals surface area contributed by atoms with Gasteiger partial charge in [0.25, 0.3) is 0 Å². The summed E-state index contributed by atoms with van der Waals surface area (Å²) in [7, 11) is 0. The molecule has 21 nitrogen and oxygen atoms in total. The fourth-order valence-corrected chi connectivity index (χ4v) is 10.1. The largest absolute Gasteiger partial charge is 0.463 e. The Morgan fingerprint density at radius 3 is 1.21 bits per heavy atom. The van der Waals surface area contributed by atoms with E-state index in [1.54, 1.807) is 0 Å². The van der Waals surface area contributed by atoms with Crippen LogP contribution in [0.4, 0.5) is 0 Å². The van der Waals surface area contributed by atoms with Crippen molar-refractivity contribution in [3.63, 3.8) is 0 Å². The van der Waals surface area contributed by atoms with Gasteiger partial charge in [-0.15, -0.1) is 0 Å². The van der Waals surface area contributed by atoms with Gasteiger partial charge in [0.05, 0.1) is 46.2 Å². The van der Waals surface area contributed by atoms with Gasteiger partial charge in [0.1, 0.15) is 61.5 Å². The van der Waals surface area contributed by atoms with Gasteiger partial charge in [-0.25, -0.2) is 0 Å². The van der Waals surface area contributed by atoms with Crippen molar-refractivity contribution in [2.24, 2.45) is 0 Å². The van der Waals surface area contributed by atoms with E-state index in [1.807, 2.05) is 152 Å². The van der Waals surface area contributed by atoms with E-state index >= 15 is 0 Å². The van der Waals surface area contributed by atoms with Crippen LogP contribution in [-0.4, -0.2) is 147 Å². The second-order valence-corrected chi connectivity index (χ2v) is 20.4. The molecule has 84 heavy (non-hydrogen) atoms. The summed E-state index contributed by atoms with van der Waals surface area (Å²) in [6, 6.07) is 45.3. The highest BCUT2D eigenvalue weighted by molar-refractivity contribution is 5.74. The number of hydrogen-bond acceptors (Lipinski definition) is 20. The molecule has 0 bridgehead atoms. The number of rotatable bonds is 27. The molecule has 1 amide bonds. The first kappa shape index (κ1) is 63.0. The predicted molar refractivity (Wildman–Crippen MR) is 296 cm³/mol. The minimum absolute atomic E-state index is 0.0320. The molecule has 0 aromatic heterocycles. The highest BCUT2D eigenvalue weighted by Crippen LogP contribution is 2.38. The summed E-state index contributed by atoms with van der Waals surface area (Å²) < 4.78 is 90.5. The minimum atomic E-state index is -1.68. The molecule has 0 saturated carbocycles. The Morgan fingerprint density at radius 2 is 0.762 bits per heavy atom. The average Bonchev–Trinajstić information content (AvgIpc) is 2.13. The fraction of sp³-hybridized carbons (Fsp3) is 0.444. The second kappa shape index (κ2) is 31.8. The molecular weight excluding hydrogens is 1090 g/mol. The number of ether oxygens (including phenoxy) is 14. The topological polar surface area (TPSA) is 247 Å². The van der Waals surface area contributed by atoms with Crippen molar-refractivity contribution in [1.29, 1.82) is 0 Å². The number of amides is 1. The molecule has 15 atom stereocenters. The number of carbonyl (C=O) groups excluding carboxylic acids is 5. The zero-order valence-corrected chi connectivity index (χ0v) is 47.5. The Kier molecular flexibility index (Phi) is 23.8. The Bertz CT molecular complexity index is 2820. The number of benzene rings is 5. The second-order valence-electron chi connectivity index (χ2n) is 20.4. The van der Waals surface area contributed by atoms with Crippen LogP contribution in [0.2, 0.25) is 0 Å². The van der Waals surface area contributed by atoms with Gasteiger partial charge >= 0.3 is 23.9 Å². The molecular formula is C63H73NO20. The van der Waals surface area contributed by atoms with Gasteiger partial charge in [-0.3, -0.25) is 24.0 Å². The summed E-state index contributed by atoms with van der Waals surface area (Å²) in [5.41, 5.74) is 3.97. The standard InChI is InChI=1S/C63H73NO20/c1-39(65)64-52-56(78-42(4)68)53(77-41(3)67)51(38-73-40(2)66)81-62(52)83-55-50(37-72-32-45-23-13-7-14-24-45)82-63(60(58(55)79-43(5)69)76-35-48-29-19-10-20-30-48)84-54-49(36-71-31-44-21-11-6-12-22-44)80-61(70)59(75-34-47-27-17-9-18-28-47)57(54)74-33-46-25-15-8-16-26-46/h6-30,49-63,70H,31-38H2,1-5H3,(H,64,65)/t49-,50-,51-,52-,53-,54-,55+,56-,57+,58+,59-,60-,61-,62+,63+/m1/s1. The summed E-state index contributed by atoms with van der Waals surface area (Å²) in [5, 5.41) is 14.8. The van der Waals surface area contributed by atoms with Crippen molar-refractivity contribution in [3.05, 3.63) is 179 Å². The molecule has 3 heterocycles. The lowest BCUT2D eigenvalue weighted by atomic mass is 9.94. The van der Waals surface area contributed by atoms with Crippen LogP contribution >= 0.6 is 0 Å². The van der Waals surface area contributed by atoms with Gasteiger partial charge in [0, 0.05) is 34.6 Å². The van der Waals surface area contributed by atoms with E-state index in [0.717, 1.165) is 43.0 Å². The van der Waals surface area contributed by atoms with Gasteiger partial charge in [-0.05, 0) is 27.8 Å². The van der Waals surface area contributed by atoms with E-state index in [9.17, 15) is 29.1 Å². The average molecular weight is 1160 g/mol. The van der Waals surface area contributed by atoms with Gasteiger partial charge < -0.3 is 76.7 Å². The van der Waals surface area contributed by atoms with Gasteiger partial charge in [-0.1, -0.05) is 152 Å². The Hall–Kier alpha value is -6.99. The van der Waals surface area contributed by atoms with Crippen molar-refractivity contribution in [1.82, 2.24) is 5.32 Å². The first-order valence-electron chi connectivity index (χ1n) is 27.8. The predicted octanol–water partition coefficient (Wildman–Crippen LogP) is 5.98. The molecule has 0 unspecified atom stereocenters. The first-order chi connectivity index (χ1) is 40.7. The van der Waals surface area contributed by atoms with E-state index in [2.05, 4.69) is 5.32 Å².